The van der Waals surface area contributed by atoms with E-state index in [4.69, 9.17) is 9.61 Å². The van der Waals surface area contributed by atoms with Crippen LogP contribution in [0.5, 0.6) is 0 Å². The zero-order valence-electron chi connectivity index (χ0n) is 21.8. The SMILES string of the molecule is CC(F)(F)[C@@H]1CN(Cc2cnn3cc([C@@H](CC(=O)c4nonc4C4CC4)C4CCC(F)(F)CC4)nc3c2)C(=O)N1. The Bertz CT molecular complexity index is 1420. The van der Waals surface area contributed by atoms with Gasteiger partial charge in [0.1, 0.15) is 11.7 Å². The van der Waals surface area contributed by atoms with Crippen LogP contribution in [0, 0.1) is 5.92 Å². The topological polar surface area (TPSA) is 119 Å². The lowest BCUT2D eigenvalue weighted by atomic mass is 9.75. The van der Waals surface area contributed by atoms with E-state index in [1.54, 1.807) is 12.3 Å². The lowest BCUT2D eigenvalue weighted by molar-refractivity contribution is -0.0486. The number of alkyl halides is 4. The number of ketones is 1. The van der Waals surface area contributed by atoms with Gasteiger partial charge in [0.05, 0.1) is 18.1 Å². The Morgan fingerprint density at radius 1 is 1.23 bits per heavy atom. The maximum atomic E-state index is 14.0. The molecule has 0 aromatic carbocycles. The van der Waals surface area contributed by atoms with Gasteiger partial charge in [0, 0.05) is 51.1 Å². The molecule has 2 amide bonds. The smallest absolute Gasteiger partial charge is 0.318 e. The molecule has 2 aliphatic carbocycles. The van der Waals surface area contributed by atoms with Crippen molar-refractivity contribution in [3.05, 3.63) is 41.1 Å². The van der Waals surface area contributed by atoms with Gasteiger partial charge in [-0.05, 0) is 48.4 Å². The van der Waals surface area contributed by atoms with Gasteiger partial charge in [-0.2, -0.15) is 5.10 Å². The lowest BCUT2D eigenvalue weighted by Gasteiger charge is -2.32. The third-order valence-electron chi connectivity index (χ3n) is 8.23. The molecule has 2 saturated carbocycles. The first-order valence-electron chi connectivity index (χ1n) is 13.5. The molecule has 40 heavy (non-hydrogen) atoms. The third kappa shape index (κ3) is 5.39. The number of nitrogens with zero attached hydrogens (tertiary/aromatic N) is 6. The van der Waals surface area contributed by atoms with E-state index in [9.17, 15) is 27.2 Å². The first-order valence-corrected chi connectivity index (χ1v) is 13.5. The number of Topliss-reactive ketones (excluding diaryl/α,β-unsaturated/α-hetero) is 1. The summed E-state index contributed by atoms with van der Waals surface area (Å²) in [6, 6.07) is -0.172. The number of halogens is 4. The highest BCUT2D eigenvalue weighted by atomic mass is 19.3. The Hall–Kier alpha value is -3.58. The van der Waals surface area contributed by atoms with Gasteiger partial charge in [-0.15, -0.1) is 0 Å². The highest BCUT2D eigenvalue weighted by Crippen LogP contribution is 2.45. The minimum absolute atomic E-state index is 0.0154. The van der Waals surface area contributed by atoms with E-state index in [-0.39, 0.29) is 68.5 Å². The fraction of sp³-hybridized carbons (Fsp3) is 0.615. The van der Waals surface area contributed by atoms with Crippen LogP contribution in [0.15, 0.2) is 23.1 Å². The van der Waals surface area contributed by atoms with E-state index in [2.05, 4.69) is 20.7 Å². The molecule has 0 bridgehead atoms. The zero-order valence-corrected chi connectivity index (χ0v) is 21.8. The summed E-state index contributed by atoms with van der Waals surface area (Å²) in [5.41, 5.74) is 2.31. The summed E-state index contributed by atoms with van der Waals surface area (Å²) in [6.45, 7) is 0.678. The predicted molar refractivity (Wildman–Crippen MR) is 131 cm³/mol. The van der Waals surface area contributed by atoms with E-state index in [1.165, 1.54) is 15.6 Å². The van der Waals surface area contributed by atoms with Crippen molar-refractivity contribution < 1.29 is 31.8 Å². The molecular formula is C26H29F4N7O3. The predicted octanol–water partition coefficient (Wildman–Crippen LogP) is 4.72. The molecule has 1 N–H and O–H groups in total. The molecule has 14 heteroatoms. The van der Waals surface area contributed by atoms with Crippen LogP contribution in [0.2, 0.25) is 0 Å². The summed E-state index contributed by atoms with van der Waals surface area (Å²) in [6.07, 6.45) is 5.03. The number of carbonyl (C=O) groups excluding carboxylic acids is 2. The quantitative estimate of drug-likeness (QED) is 0.296. The first-order chi connectivity index (χ1) is 19.0. The average molecular weight is 564 g/mol. The Morgan fingerprint density at radius 3 is 2.65 bits per heavy atom. The summed E-state index contributed by atoms with van der Waals surface area (Å²) in [4.78, 5) is 31.6. The molecule has 4 heterocycles. The number of aromatic nitrogens is 5. The first kappa shape index (κ1) is 26.6. The van der Waals surface area contributed by atoms with E-state index in [0.29, 0.717) is 22.6 Å². The number of rotatable bonds is 9. The van der Waals surface area contributed by atoms with E-state index in [0.717, 1.165) is 19.8 Å². The van der Waals surface area contributed by atoms with Crippen LogP contribution in [0.1, 0.15) is 91.1 Å². The molecule has 3 aliphatic rings. The van der Waals surface area contributed by atoms with Crippen molar-refractivity contribution in [3.8, 4) is 0 Å². The number of nitrogens with one attached hydrogen (secondary N) is 1. The van der Waals surface area contributed by atoms with Crippen molar-refractivity contribution in [3.63, 3.8) is 0 Å². The minimum Gasteiger partial charge on any atom is -0.327 e. The number of fused-ring (bicyclic) bond motifs is 1. The fourth-order valence-corrected chi connectivity index (χ4v) is 5.72. The standard InChI is InChI=1S/C26H29F4N7O3/c1-25(27,28)20-13-36(24(39)33-20)11-14-8-21-32-18(12-37(21)31-10-14)17(15-4-6-26(29,30)7-5-15)9-19(38)23-22(16-2-3-16)34-40-35-23/h8,10,12,15-17,20H,2-7,9,11,13H2,1H3,(H,33,39)/t17-,20-/m0/s1. The molecule has 3 aromatic rings. The third-order valence-corrected chi connectivity index (χ3v) is 8.23. The van der Waals surface area contributed by atoms with Gasteiger partial charge in [0.15, 0.2) is 17.1 Å². The highest BCUT2D eigenvalue weighted by Gasteiger charge is 2.43. The monoisotopic (exact) mass is 563 g/mol. The number of hydrogen-bond donors (Lipinski definition) is 1. The van der Waals surface area contributed by atoms with E-state index in [1.807, 2.05) is 0 Å². The maximum absolute atomic E-state index is 14.0. The Balaban J connectivity index is 1.24. The maximum Gasteiger partial charge on any atom is 0.318 e. The van der Waals surface area contributed by atoms with Gasteiger partial charge in [-0.3, -0.25) is 4.79 Å². The van der Waals surface area contributed by atoms with E-state index >= 15 is 0 Å². The van der Waals surface area contributed by atoms with E-state index < -0.39 is 29.8 Å². The number of carbonyl (C=O) groups is 2. The van der Waals surface area contributed by atoms with Crippen molar-refractivity contribution in [1.82, 2.24) is 35.1 Å². The summed E-state index contributed by atoms with van der Waals surface area (Å²) in [5.74, 6) is -6.53. The second kappa shape index (κ2) is 9.81. The second-order valence-corrected chi connectivity index (χ2v) is 11.4. The molecule has 3 aromatic heterocycles. The van der Waals surface area contributed by atoms with Crippen molar-refractivity contribution >= 4 is 17.5 Å². The van der Waals surface area contributed by atoms with Crippen LogP contribution in [0.4, 0.5) is 22.4 Å². The van der Waals surface area contributed by atoms with Gasteiger partial charge < -0.3 is 10.2 Å². The van der Waals surface area contributed by atoms with Gasteiger partial charge >= 0.3 is 6.03 Å². The highest BCUT2D eigenvalue weighted by molar-refractivity contribution is 5.95. The number of imidazole rings is 1. The van der Waals surface area contributed by atoms with Gasteiger partial charge in [-0.1, -0.05) is 5.16 Å². The van der Waals surface area contributed by atoms with Crippen LogP contribution >= 0.6 is 0 Å². The molecule has 214 valence electrons. The molecule has 0 spiro atoms. The van der Waals surface area contributed by atoms with Crippen molar-refractivity contribution in [2.24, 2.45) is 5.92 Å². The minimum atomic E-state index is -3.05. The second-order valence-electron chi connectivity index (χ2n) is 11.4. The fourth-order valence-electron chi connectivity index (χ4n) is 5.72. The van der Waals surface area contributed by atoms with Gasteiger partial charge in [0.2, 0.25) is 5.92 Å². The number of hydrogen-bond acceptors (Lipinski definition) is 7. The van der Waals surface area contributed by atoms with Crippen LogP contribution in [-0.2, 0) is 6.54 Å². The molecular weight excluding hydrogens is 534 g/mol. The molecule has 0 radical (unpaired) electrons. The summed E-state index contributed by atoms with van der Waals surface area (Å²) >= 11 is 0. The van der Waals surface area contributed by atoms with Gasteiger partial charge in [-0.25, -0.2) is 36.5 Å². The molecule has 10 nitrogen and oxygen atoms in total. The largest absolute Gasteiger partial charge is 0.327 e. The summed E-state index contributed by atoms with van der Waals surface area (Å²) in [7, 11) is 0. The van der Waals surface area contributed by atoms with Crippen molar-refractivity contribution in [2.75, 3.05) is 6.54 Å². The zero-order chi connectivity index (χ0) is 28.2. The van der Waals surface area contributed by atoms with Crippen LogP contribution in [0.3, 0.4) is 0 Å². The Kier molecular flexibility index (Phi) is 6.53. The molecule has 1 saturated heterocycles. The molecule has 0 unspecified atom stereocenters. The molecule has 2 atom stereocenters. The van der Waals surface area contributed by atoms with Gasteiger partial charge in [0.25, 0.3) is 5.92 Å². The molecule has 6 rings (SSSR count). The molecule has 3 fully saturated rings. The summed E-state index contributed by atoms with van der Waals surface area (Å²) < 4.78 is 61.7. The van der Waals surface area contributed by atoms with Crippen LogP contribution in [0.25, 0.3) is 5.65 Å². The number of urea groups is 1. The lowest BCUT2D eigenvalue weighted by Crippen LogP contribution is -2.41. The van der Waals surface area contributed by atoms with Crippen molar-refractivity contribution in [2.45, 2.75) is 88.1 Å². The molecule has 1 aliphatic heterocycles. The Labute approximate surface area is 226 Å². The van der Waals surface area contributed by atoms with Crippen LogP contribution < -0.4 is 5.32 Å². The normalized spacial score (nSPS) is 22.6. The van der Waals surface area contributed by atoms with Crippen molar-refractivity contribution in [1.29, 1.82) is 0 Å². The number of amides is 2. The Morgan fingerprint density at radius 2 is 1.98 bits per heavy atom. The average Bonchev–Trinajstić information content (AvgIpc) is 3.28. The summed E-state index contributed by atoms with van der Waals surface area (Å²) in [5, 5.41) is 14.4. The van der Waals surface area contributed by atoms with Crippen LogP contribution in [-0.4, -0.2) is 66.1 Å².